The molecule has 2 amide bonds. The van der Waals surface area contributed by atoms with Gasteiger partial charge in [-0.05, 0) is 50.2 Å². The zero-order chi connectivity index (χ0) is 31.7. The van der Waals surface area contributed by atoms with Crippen molar-refractivity contribution in [3.63, 3.8) is 0 Å². The molecule has 11 nitrogen and oxygen atoms in total. The van der Waals surface area contributed by atoms with Crippen LogP contribution in [0.3, 0.4) is 0 Å². The van der Waals surface area contributed by atoms with Gasteiger partial charge in [0.25, 0.3) is 5.91 Å². The summed E-state index contributed by atoms with van der Waals surface area (Å²) in [6, 6.07) is 7.56. The number of anilines is 3. The Hall–Kier alpha value is -3.88. The summed E-state index contributed by atoms with van der Waals surface area (Å²) in [6.45, 7) is 3.34. The smallest absolute Gasteiger partial charge is 0.258 e. The van der Waals surface area contributed by atoms with E-state index in [1.807, 2.05) is 12.1 Å². The number of H-pyrrole nitrogens is 1. The third-order valence-corrected chi connectivity index (χ3v) is 10.8. The molecule has 6 rings (SSSR count). The average Bonchev–Trinajstić information content (AvgIpc) is 3.43. The van der Waals surface area contributed by atoms with Crippen molar-refractivity contribution < 1.29 is 26.8 Å². The molecule has 0 bridgehead atoms. The van der Waals surface area contributed by atoms with Gasteiger partial charge in [-0.3, -0.25) is 14.7 Å². The Kier molecular flexibility index (Phi) is 8.89. The minimum absolute atomic E-state index is 0.0636. The highest BCUT2D eigenvalue weighted by molar-refractivity contribution is 7.89. The van der Waals surface area contributed by atoms with Gasteiger partial charge in [0.05, 0.1) is 16.1 Å². The predicted octanol–water partition coefficient (Wildman–Crippen LogP) is 3.96. The Labute approximate surface area is 261 Å². The number of aromatic nitrogens is 2. The lowest BCUT2D eigenvalue weighted by atomic mass is 9.88. The number of hydrogen-bond donors (Lipinski definition) is 3. The minimum Gasteiger partial charge on any atom is -0.369 e. The summed E-state index contributed by atoms with van der Waals surface area (Å²) in [7, 11) is -2.16. The summed E-state index contributed by atoms with van der Waals surface area (Å²) >= 11 is 0. The first-order chi connectivity index (χ1) is 21.6. The number of rotatable bonds is 7. The van der Waals surface area contributed by atoms with Gasteiger partial charge >= 0.3 is 0 Å². The van der Waals surface area contributed by atoms with Gasteiger partial charge in [-0.15, -0.1) is 0 Å². The fraction of sp³-hybridized carbons (Fsp3) is 0.452. The zero-order valence-corrected chi connectivity index (χ0v) is 25.9. The molecule has 0 spiro atoms. The van der Waals surface area contributed by atoms with Crippen LogP contribution in [-0.4, -0.2) is 79.4 Å². The number of amides is 2. The van der Waals surface area contributed by atoms with Gasteiger partial charge in [0.15, 0.2) is 5.82 Å². The minimum atomic E-state index is -4.23. The van der Waals surface area contributed by atoms with E-state index in [0.29, 0.717) is 23.0 Å². The van der Waals surface area contributed by atoms with Crippen LogP contribution in [0.1, 0.15) is 53.7 Å². The predicted molar refractivity (Wildman–Crippen MR) is 166 cm³/mol. The first kappa shape index (κ1) is 31.1. The van der Waals surface area contributed by atoms with E-state index in [1.54, 1.807) is 6.07 Å². The van der Waals surface area contributed by atoms with Crippen LogP contribution in [0.5, 0.6) is 0 Å². The Morgan fingerprint density at radius 1 is 0.933 bits per heavy atom. The molecule has 2 aliphatic heterocycles. The normalized spacial score (nSPS) is 18.4. The number of hydrogen-bond acceptors (Lipinski definition) is 7. The van der Waals surface area contributed by atoms with Gasteiger partial charge in [-0.2, -0.15) is 9.40 Å². The van der Waals surface area contributed by atoms with E-state index in [-0.39, 0.29) is 42.7 Å². The van der Waals surface area contributed by atoms with E-state index in [2.05, 4.69) is 37.7 Å². The highest BCUT2D eigenvalue weighted by Crippen LogP contribution is 2.32. The number of piperazine rings is 1. The lowest BCUT2D eigenvalue weighted by Crippen LogP contribution is -2.44. The number of fused-ring (bicyclic) bond motifs is 1. The third kappa shape index (κ3) is 6.72. The summed E-state index contributed by atoms with van der Waals surface area (Å²) < 4.78 is 55.3. The summed E-state index contributed by atoms with van der Waals surface area (Å²) in [5, 5.41) is 12.9. The van der Waals surface area contributed by atoms with Crippen molar-refractivity contribution in [2.75, 3.05) is 55.3 Å². The van der Waals surface area contributed by atoms with Crippen molar-refractivity contribution in [2.24, 2.45) is 5.92 Å². The molecule has 45 heavy (non-hydrogen) atoms. The van der Waals surface area contributed by atoms with Crippen molar-refractivity contribution in [1.82, 2.24) is 19.4 Å². The highest BCUT2D eigenvalue weighted by Gasteiger charge is 2.33. The SMILES string of the molecule is CN1CCN(c2ccc(C(=O)Nc3n[nH]c4c3CN(S(=O)(=O)c3cc(F)cc(F)c3)CC4)c(NC(=O)C3CCCCC3)c2)CC1. The molecule has 1 aromatic heterocycles. The number of sulfonamides is 1. The molecule has 2 fully saturated rings. The Morgan fingerprint density at radius 2 is 1.64 bits per heavy atom. The topological polar surface area (TPSA) is 131 Å². The first-order valence-electron chi connectivity index (χ1n) is 15.3. The van der Waals surface area contributed by atoms with E-state index in [0.717, 1.165) is 80.4 Å². The molecule has 3 N–H and O–H groups in total. The standard InChI is InChI=1S/C31H37F2N7O4S/c1-38-11-13-39(14-12-38)23-7-8-25(28(18-23)34-30(41)20-5-3-2-4-6-20)31(42)35-29-26-19-40(10-9-27(26)36-37-29)45(43,44)24-16-21(32)15-22(33)17-24/h7-8,15-18,20H,2-6,9-14,19H2,1H3,(H,34,41)(H2,35,36,37,42). The molecule has 1 saturated heterocycles. The van der Waals surface area contributed by atoms with Crippen molar-refractivity contribution in [3.05, 3.63) is 64.9 Å². The number of nitrogens with zero attached hydrogens (tertiary/aromatic N) is 4. The monoisotopic (exact) mass is 641 g/mol. The molecule has 3 aromatic rings. The molecular weight excluding hydrogens is 604 g/mol. The number of aromatic amines is 1. The third-order valence-electron chi connectivity index (χ3n) is 8.95. The van der Waals surface area contributed by atoms with E-state index < -0.39 is 32.5 Å². The van der Waals surface area contributed by atoms with Crippen LogP contribution in [0.2, 0.25) is 0 Å². The maximum Gasteiger partial charge on any atom is 0.258 e. The Bertz CT molecular complexity index is 1680. The number of likely N-dealkylation sites (N-methyl/N-ethyl adjacent to an activating group) is 1. The fourth-order valence-corrected chi connectivity index (χ4v) is 7.73. The second-order valence-electron chi connectivity index (χ2n) is 12.0. The summed E-state index contributed by atoms with van der Waals surface area (Å²) in [5.74, 6) is -2.57. The van der Waals surface area contributed by atoms with Gasteiger partial charge in [0.2, 0.25) is 15.9 Å². The van der Waals surface area contributed by atoms with E-state index in [4.69, 9.17) is 0 Å². The second-order valence-corrected chi connectivity index (χ2v) is 14.0. The van der Waals surface area contributed by atoms with Crippen molar-refractivity contribution in [2.45, 2.75) is 50.0 Å². The Morgan fingerprint density at radius 3 is 2.36 bits per heavy atom. The van der Waals surface area contributed by atoms with Gasteiger partial charge in [-0.25, -0.2) is 17.2 Å². The van der Waals surface area contributed by atoms with Gasteiger partial charge < -0.3 is 20.4 Å². The Balaban J connectivity index is 1.24. The van der Waals surface area contributed by atoms with Crippen LogP contribution in [0, 0.1) is 17.6 Å². The van der Waals surface area contributed by atoms with E-state index in [9.17, 15) is 26.8 Å². The number of halogens is 2. The summed E-state index contributed by atoms with van der Waals surface area (Å²) in [6.07, 6.45) is 4.99. The molecular formula is C31H37F2N7O4S. The quantitative estimate of drug-likeness (QED) is 0.356. The number of carbonyl (C=O) groups is 2. The van der Waals surface area contributed by atoms with Gasteiger partial charge in [0, 0.05) is 74.6 Å². The lowest BCUT2D eigenvalue weighted by molar-refractivity contribution is -0.120. The summed E-state index contributed by atoms with van der Waals surface area (Å²) in [4.78, 5) is 31.0. The molecule has 1 saturated carbocycles. The summed E-state index contributed by atoms with van der Waals surface area (Å²) in [5.41, 5.74) is 2.67. The van der Waals surface area contributed by atoms with Crippen LogP contribution in [0.25, 0.3) is 0 Å². The largest absolute Gasteiger partial charge is 0.369 e. The highest BCUT2D eigenvalue weighted by atomic mass is 32.2. The van der Waals surface area contributed by atoms with Crippen LogP contribution >= 0.6 is 0 Å². The van der Waals surface area contributed by atoms with Crippen molar-refractivity contribution >= 4 is 39.0 Å². The number of nitrogens with one attached hydrogen (secondary N) is 3. The van der Waals surface area contributed by atoms with Crippen LogP contribution in [-0.2, 0) is 27.8 Å². The van der Waals surface area contributed by atoms with Crippen LogP contribution < -0.4 is 15.5 Å². The maximum atomic E-state index is 13.8. The van der Waals surface area contributed by atoms with E-state index >= 15 is 0 Å². The molecule has 0 atom stereocenters. The molecule has 2 aromatic carbocycles. The van der Waals surface area contributed by atoms with Gasteiger partial charge in [0.1, 0.15) is 11.6 Å². The van der Waals surface area contributed by atoms with Crippen LogP contribution in [0.4, 0.5) is 26.0 Å². The molecule has 0 radical (unpaired) electrons. The fourth-order valence-electron chi connectivity index (χ4n) is 6.27. The molecule has 3 heterocycles. The van der Waals surface area contributed by atoms with Crippen LogP contribution in [0.15, 0.2) is 41.3 Å². The van der Waals surface area contributed by atoms with Crippen molar-refractivity contribution in [1.29, 1.82) is 0 Å². The molecule has 3 aliphatic rings. The molecule has 240 valence electrons. The molecule has 1 aliphatic carbocycles. The number of carbonyl (C=O) groups excluding carboxylic acids is 2. The molecule has 0 unspecified atom stereocenters. The maximum absolute atomic E-state index is 13.8. The number of benzene rings is 2. The lowest BCUT2D eigenvalue weighted by Gasteiger charge is -2.34. The van der Waals surface area contributed by atoms with Crippen molar-refractivity contribution in [3.8, 4) is 0 Å². The average molecular weight is 642 g/mol. The zero-order valence-electron chi connectivity index (χ0n) is 25.1. The molecule has 14 heteroatoms. The van der Waals surface area contributed by atoms with E-state index in [1.165, 1.54) is 0 Å². The second kappa shape index (κ2) is 12.9. The van der Waals surface area contributed by atoms with Gasteiger partial charge in [-0.1, -0.05) is 19.3 Å². The first-order valence-corrected chi connectivity index (χ1v) is 16.7.